The van der Waals surface area contributed by atoms with E-state index in [9.17, 15) is 18.7 Å². The first-order valence-corrected chi connectivity index (χ1v) is 9.07. The van der Waals surface area contributed by atoms with Gasteiger partial charge >= 0.3 is 0 Å². The highest BCUT2D eigenvalue weighted by molar-refractivity contribution is 6.05. The van der Waals surface area contributed by atoms with Gasteiger partial charge in [0.2, 0.25) is 0 Å². The zero-order valence-corrected chi connectivity index (χ0v) is 15.7. The van der Waals surface area contributed by atoms with Gasteiger partial charge in [-0.2, -0.15) is 0 Å². The fourth-order valence-corrected chi connectivity index (χ4v) is 3.45. The van der Waals surface area contributed by atoms with E-state index in [0.29, 0.717) is 12.0 Å². The molecule has 1 aliphatic rings. The lowest BCUT2D eigenvalue weighted by Gasteiger charge is -2.36. The van der Waals surface area contributed by atoms with Gasteiger partial charge in [-0.3, -0.25) is 4.79 Å². The van der Waals surface area contributed by atoms with Crippen LogP contribution < -0.4 is 10.2 Å². The normalized spacial score (nSPS) is 19.9. The Bertz CT molecular complexity index is 846. The summed E-state index contributed by atoms with van der Waals surface area (Å²) in [5.74, 6) is -2.13. The van der Waals surface area contributed by atoms with Crippen LogP contribution in [-0.4, -0.2) is 30.2 Å². The van der Waals surface area contributed by atoms with E-state index in [1.165, 1.54) is 13.0 Å². The van der Waals surface area contributed by atoms with Crippen LogP contribution >= 0.6 is 0 Å². The second-order valence-corrected chi connectivity index (χ2v) is 7.32. The van der Waals surface area contributed by atoms with Crippen molar-refractivity contribution >= 4 is 17.3 Å². The van der Waals surface area contributed by atoms with Crippen molar-refractivity contribution < 1.29 is 18.7 Å². The Labute approximate surface area is 157 Å². The van der Waals surface area contributed by atoms with Crippen molar-refractivity contribution in [1.82, 2.24) is 0 Å². The molecule has 1 amide bonds. The Hall–Kier alpha value is -2.47. The molecule has 0 bridgehead atoms. The van der Waals surface area contributed by atoms with Crippen molar-refractivity contribution in [3.05, 3.63) is 58.7 Å². The molecule has 1 fully saturated rings. The number of anilines is 2. The van der Waals surface area contributed by atoms with Gasteiger partial charge in [0.15, 0.2) is 11.6 Å². The number of hydrogen-bond acceptors (Lipinski definition) is 3. The number of aryl methyl sites for hydroxylation is 2. The number of nitrogens with zero attached hydrogens (tertiary/aromatic N) is 1. The molecule has 2 N–H and O–H groups in total. The Morgan fingerprint density at radius 1 is 1.19 bits per heavy atom. The molecule has 144 valence electrons. The van der Waals surface area contributed by atoms with Crippen LogP contribution in [0.1, 0.15) is 34.8 Å². The zero-order valence-electron chi connectivity index (χ0n) is 15.7. The number of rotatable bonds is 3. The number of amides is 1. The lowest BCUT2D eigenvalue weighted by Crippen LogP contribution is -2.42. The molecule has 1 heterocycles. The van der Waals surface area contributed by atoms with Gasteiger partial charge in [-0.1, -0.05) is 13.0 Å². The van der Waals surface area contributed by atoms with Gasteiger partial charge in [0.05, 0.1) is 6.10 Å². The van der Waals surface area contributed by atoms with Gasteiger partial charge < -0.3 is 15.3 Å². The number of aliphatic hydroxyl groups excluding tert-OH is 1. The molecule has 0 aromatic heterocycles. The van der Waals surface area contributed by atoms with Gasteiger partial charge in [-0.05, 0) is 55.5 Å². The molecule has 3 rings (SSSR count). The molecule has 6 heteroatoms. The molecule has 4 nitrogen and oxygen atoms in total. The molecule has 0 radical (unpaired) electrons. The summed E-state index contributed by atoms with van der Waals surface area (Å²) in [5, 5.41) is 12.6. The molecular weight excluding hydrogens is 350 g/mol. The minimum Gasteiger partial charge on any atom is -0.393 e. The Morgan fingerprint density at radius 3 is 2.59 bits per heavy atom. The number of hydrogen-bond donors (Lipinski definition) is 2. The fraction of sp³-hybridized carbons (Fsp3) is 0.381. The second kappa shape index (κ2) is 7.64. The van der Waals surface area contributed by atoms with Crippen LogP contribution in [0.2, 0.25) is 0 Å². The Morgan fingerprint density at radius 2 is 1.93 bits per heavy atom. The Balaban J connectivity index is 1.82. The van der Waals surface area contributed by atoms with Crippen molar-refractivity contribution in [2.75, 3.05) is 23.3 Å². The highest BCUT2D eigenvalue weighted by Crippen LogP contribution is 2.28. The van der Waals surface area contributed by atoms with Crippen LogP contribution in [0.4, 0.5) is 20.2 Å². The summed E-state index contributed by atoms with van der Waals surface area (Å²) in [7, 11) is 0. The van der Waals surface area contributed by atoms with E-state index in [-0.39, 0.29) is 29.2 Å². The average Bonchev–Trinajstić information content (AvgIpc) is 2.62. The molecule has 2 aromatic carbocycles. The van der Waals surface area contributed by atoms with Crippen molar-refractivity contribution in [2.45, 2.75) is 33.3 Å². The minimum absolute atomic E-state index is 0.135. The van der Waals surface area contributed by atoms with Gasteiger partial charge in [0.25, 0.3) is 5.91 Å². The van der Waals surface area contributed by atoms with Gasteiger partial charge in [-0.15, -0.1) is 0 Å². The first-order chi connectivity index (χ1) is 12.8. The Kier molecular flexibility index (Phi) is 5.46. The predicted molar refractivity (Wildman–Crippen MR) is 102 cm³/mol. The number of piperidine rings is 1. The number of halogens is 2. The summed E-state index contributed by atoms with van der Waals surface area (Å²) in [6.07, 6.45) is 0.384. The monoisotopic (exact) mass is 374 g/mol. The standard InChI is InChI=1S/C21H24F2N2O2/c1-12-4-5-15(9-18(12)25-7-6-19(26)14(3)11-25)21(27)24-16-8-13(2)20(23)17(22)10-16/h4-5,8-10,14,19,26H,6-7,11H2,1-3H3,(H,24,27). The molecule has 27 heavy (non-hydrogen) atoms. The maximum Gasteiger partial charge on any atom is 0.255 e. The van der Waals surface area contributed by atoms with Crippen LogP contribution in [0.3, 0.4) is 0 Å². The predicted octanol–water partition coefficient (Wildman–Crippen LogP) is 4.04. The molecule has 1 aliphatic heterocycles. The summed E-state index contributed by atoms with van der Waals surface area (Å²) >= 11 is 0. The highest BCUT2D eigenvalue weighted by Gasteiger charge is 2.25. The van der Waals surface area contributed by atoms with Crippen molar-refractivity contribution in [3.8, 4) is 0 Å². The lowest BCUT2D eigenvalue weighted by atomic mass is 9.95. The van der Waals surface area contributed by atoms with E-state index >= 15 is 0 Å². The quantitative estimate of drug-likeness (QED) is 0.853. The van der Waals surface area contributed by atoms with Gasteiger partial charge in [0, 0.05) is 36.1 Å². The van der Waals surface area contributed by atoms with E-state index in [2.05, 4.69) is 10.2 Å². The highest BCUT2D eigenvalue weighted by atomic mass is 19.2. The smallest absolute Gasteiger partial charge is 0.255 e. The molecule has 1 saturated heterocycles. The maximum absolute atomic E-state index is 13.6. The zero-order chi connectivity index (χ0) is 19.7. The van der Waals surface area contributed by atoms with E-state index in [1.54, 1.807) is 6.07 Å². The van der Waals surface area contributed by atoms with Crippen LogP contribution in [0, 0.1) is 31.4 Å². The lowest BCUT2D eigenvalue weighted by molar-refractivity contribution is 0.0969. The number of aliphatic hydroxyl groups is 1. The summed E-state index contributed by atoms with van der Waals surface area (Å²) in [5.41, 5.74) is 2.78. The second-order valence-electron chi connectivity index (χ2n) is 7.32. The minimum atomic E-state index is -0.990. The number of carbonyl (C=O) groups excluding carboxylic acids is 1. The van der Waals surface area contributed by atoms with Crippen LogP contribution in [0.25, 0.3) is 0 Å². The third-order valence-electron chi connectivity index (χ3n) is 5.14. The van der Waals surface area contributed by atoms with E-state index in [0.717, 1.165) is 30.4 Å². The molecule has 0 spiro atoms. The molecule has 0 aliphatic carbocycles. The van der Waals surface area contributed by atoms with E-state index in [4.69, 9.17) is 0 Å². The summed E-state index contributed by atoms with van der Waals surface area (Å²) in [6.45, 7) is 6.87. The SMILES string of the molecule is Cc1ccc(C(=O)Nc2cc(C)c(F)c(F)c2)cc1N1CCC(O)C(C)C1. The van der Waals surface area contributed by atoms with Crippen LogP contribution in [-0.2, 0) is 0 Å². The number of nitrogens with one attached hydrogen (secondary N) is 1. The summed E-state index contributed by atoms with van der Waals surface area (Å²) in [4.78, 5) is 14.8. The van der Waals surface area contributed by atoms with Crippen molar-refractivity contribution in [1.29, 1.82) is 0 Å². The molecule has 0 saturated carbocycles. The van der Waals surface area contributed by atoms with Crippen LogP contribution in [0.5, 0.6) is 0 Å². The molecule has 2 aromatic rings. The first-order valence-electron chi connectivity index (χ1n) is 9.07. The van der Waals surface area contributed by atoms with Gasteiger partial charge in [0.1, 0.15) is 0 Å². The first kappa shape index (κ1) is 19.3. The molecule has 2 atom stereocenters. The average molecular weight is 374 g/mol. The molecule has 2 unspecified atom stereocenters. The topological polar surface area (TPSA) is 52.6 Å². The van der Waals surface area contributed by atoms with E-state index in [1.807, 2.05) is 26.0 Å². The van der Waals surface area contributed by atoms with E-state index < -0.39 is 11.6 Å². The number of carbonyl (C=O) groups is 1. The van der Waals surface area contributed by atoms with Crippen molar-refractivity contribution in [3.63, 3.8) is 0 Å². The maximum atomic E-state index is 13.6. The summed E-state index contributed by atoms with van der Waals surface area (Å²) < 4.78 is 27.0. The largest absolute Gasteiger partial charge is 0.393 e. The third-order valence-corrected chi connectivity index (χ3v) is 5.14. The third kappa shape index (κ3) is 4.11. The fourth-order valence-electron chi connectivity index (χ4n) is 3.45. The molecular formula is C21H24F2N2O2. The van der Waals surface area contributed by atoms with Gasteiger partial charge in [-0.25, -0.2) is 8.78 Å². The van der Waals surface area contributed by atoms with Crippen molar-refractivity contribution in [2.24, 2.45) is 5.92 Å². The number of benzene rings is 2. The van der Waals surface area contributed by atoms with Crippen LogP contribution in [0.15, 0.2) is 30.3 Å². The summed E-state index contributed by atoms with van der Waals surface area (Å²) in [6, 6.07) is 7.77.